The minimum atomic E-state index is -1.42. The number of benzene rings is 4. The maximum Gasteiger partial charge on any atom is 0.408 e. The minimum absolute atomic E-state index is 0. The van der Waals surface area contributed by atoms with E-state index in [2.05, 4.69) is 16.0 Å². The Morgan fingerprint density at radius 3 is 1.16 bits per heavy atom. The van der Waals surface area contributed by atoms with Gasteiger partial charge in [-0.3, -0.25) is 9.59 Å². The molecule has 0 saturated carbocycles. The molecule has 5 N–H and O–H groups in total. The van der Waals surface area contributed by atoms with E-state index in [4.69, 9.17) is 62.1 Å². The van der Waals surface area contributed by atoms with Gasteiger partial charge in [-0.15, -0.1) is 12.4 Å². The highest BCUT2D eigenvalue weighted by Crippen LogP contribution is 2.23. The molecular formula is C53H67Cl3N4O14. The second-order valence-corrected chi connectivity index (χ2v) is 20.3. The molecule has 0 aliphatic heterocycles. The fourth-order valence-corrected chi connectivity index (χ4v) is 6.02. The summed E-state index contributed by atoms with van der Waals surface area (Å²) in [6.07, 6.45) is 0.429. The highest BCUT2D eigenvalue weighted by molar-refractivity contribution is 6.31. The summed E-state index contributed by atoms with van der Waals surface area (Å²) in [5, 5.41) is 9.26. The highest BCUT2D eigenvalue weighted by Gasteiger charge is 2.36. The SMILES string of the molecule is CC(C)(C)OC(=O)NC(C)(C)C(=O)OCOC(=O)C(C)(C)Oc1ccc(CCNC(=O)c2ccc(Cl)cc2)cc1.CC(C)(N)C(=O)OCOC(=O)C(C)(C)Oc1ccc(CCNC(=O)c2ccc(Cl)cc2)cc1.Cl. The number of hydrogen-bond acceptors (Lipinski definition) is 15. The van der Waals surface area contributed by atoms with E-state index in [0.29, 0.717) is 58.6 Å². The molecule has 0 saturated heterocycles. The van der Waals surface area contributed by atoms with Gasteiger partial charge in [0.2, 0.25) is 13.6 Å². The zero-order valence-electron chi connectivity index (χ0n) is 43.4. The molecule has 0 aliphatic rings. The van der Waals surface area contributed by atoms with E-state index in [1.165, 1.54) is 41.5 Å². The van der Waals surface area contributed by atoms with Crippen LogP contribution in [0.25, 0.3) is 0 Å². The van der Waals surface area contributed by atoms with Gasteiger partial charge < -0.3 is 54.8 Å². The second kappa shape index (κ2) is 28.2. The number of nitrogens with one attached hydrogen (secondary N) is 3. The number of hydrogen-bond donors (Lipinski definition) is 4. The fraction of sp³-hybridized carbons (Fsp3) is 0.415. The summed E-state index contributed by atoms with van der Waals surface area (Å²) in [4.78, 5) is 85.1. The molecule has 0 aromatic heterocycles. The van der Waals surface area contributed by atoms with Crippen LogP contribution in [0.15, 0.2) is 97.1 Å². The molecule has 18 nitrogen and oxygen atoms in total. The summed E-state index contributed by atoms with van der Waals surface area (Å²) in [5.74, 6) is -2.43. The monoisotopic (exact) mass is 1090 g/mol. The maximum atomic E-state index is 12.6. The molecule has 74 heavy (non-hydrogen) atoms. The first-order chi connectivity index (χ1) is 33.9. The first-order valence-electron chi connectivity index (χ1n) is 23.0. The van der Waals surface area contributed by atoms with E-state index in [0.717, 1.165) is 11.1 Å². The zero-order chi connectivity index (χ0) is 54.8. The Balaban J connectivity index is 0.000000509. The summed E-state index contributed by atoms with van der Waals surface area (Å²) in [7, 11) is 0. The predicted octanol–water partition coefficient (Wildman–Crippen LogP) is 8.49. The molecular weight excluding hydrogens is 1020 g/mol. The van der Waals surface area contributed by atoms with Crippen LogP contribution in [-0.2, 0) is 55.7 Å². The van der Waals surface area contributed by atoms with Crippen LogP contribution in [0.3, 0.4) is 0 Å². The van der Waals surface area contributed by atoms with Gasteiger partial charge >= 0.3 is 30.0 Å². The summed E-state index contributed by atoms with van der Waals surface area (Å²) >= 11 is 11.7. The third-order valence-corrected chi connectivity index (χ3v) is 10.3. The lowest BCUT2D eigenvalue weighted by molar-refractivity contribution is -0.181. The van der Waals surface area contributed by atoms with Crippen LogP contribution in [0.5, 0.6) is 11.5 Å². The normalized spacial score (nSPS) is 11.4. The first kappa shape index (κ1) is 63.5. The molecule has 4 aromatic rings. The summed E-state index contributed by atoms with van der Waals surface area (Å²) < 4.78 is 36.6. The molecule has 0 bridgehead atoms. The molecule has 0 heterocycles. The number of amides is 3. The number of ether oxygens (including phenoxy) is 7. The Hall–Kier alpha value is -6.60. The summed E-state index contributed by atoms with van der Waals surface area (Å²) in [6, 6.07) is 27.5. The van der Waals surface area contributed by atoms with Gasteiger partial charge in [0.05, 0.1) is 0 Å². The van der Waals surface area contributed by atoms with E-state index < -0.39 is 71.4 Å². The lowest BCUT2D eigenvalue weighted by Crippen LogP contribution is -2.52. The van der Waals surface area contributed by atoms with Gasteiger partial charge in [0, 0.05) is 34.3 Å². The van der Waals surface area contributed by atoms with E-state index >= 15 is 0 Å². The van der Waals surface area contributed by atoms with Gasteiger partial charge in [-0.2, -0.15) is 0 Å². The van der Waals surface area contributed by atoms with Crippen LogP contribution >= 0.6 is 35.6 Å². The van der Waals surface area contributed by atoms with Gasteiger partial charge in [-0.05, 0) is 173 Å². The number of carbonyl (C=O) groups excluding carboxylic acids is 7. The number of halogens is 3. The molecule has 4 rings (SSSR count). The zero-order valence-corrected chi connectivity index (χ0v) is 45.8. The molecule has 0 radical (unpaired) electrons. The van der Waals surface area contributed by atoms with Crippen LogP contribution in [-0.4, -0.2) is 96.3 Å². The van der Waals surface area contributed by atoms with E-state index in [1.54, 1.807) is 107 Å². The van der Waals surface area contributed by atoms with Gasteiger partial charge in [-0.1, -0.05) is 47.5 Å². The molecule has 0 spiro atoms. The topological polar surface area (TPSA) is 246 Å². The van der Waals surface area contributed by atoms with Crippen LogP contribution in [0.4, 0.5) is 4.79 Å². The minimum Gasteiger partial charge on any atom is -0.476 e. The van der Waals surface area contributed by atoms with E-state index in [9.17, 15) is 33.6 Å². The number of rotatable bonds is 21. The van der Waals surface area contributed by atoms with Crippen molar-refractivity contribution in [3.8, 4) is 11.5 Å². The maximum absolute atomic E-state index is 12.6. The summed E-state index contributed by atoms with van der Waals surface area (Å²) in [5.41, 5.74) is 2.59. The van der Waals surface area contributed by atoms with Crippen molar-refractivity contribution in [1.29, 1.82) is 0 Å². The Labute approximate surface area is 448 Å². The van der Waals surface area contributed by atoms with Crippen molar-refractivity contribution in [2.24, 2.45) is 5.73 Å². The third kappa shape index (κ3) is 22.7. The van der Waals surface area contributed by atoms with Crippen molar-refractivity contribution in [1.82, 2.24) is 16.0 Å². The van der Waals surface area contributed by atoms with Crippen molar-refractivity contribution in [3.63, 3.8) is 0 Å². The van der Waals surface area contributed by atoms with Crippen molar-refractivity contribution < 1.29 is 66.7 Å². The van der Waals surface area contributed by atoms with Crippen molar-refractivity contribution >= 4 is 77.4 Å². The van der Waals surface area contributed by atoms with Crippen molar-refractivity contribution in [2.75, 3.05) is 26.7 Å². The molecule has 0 atom stereocenters. The number of alkyl carbamates (subject to hydrolysis) is 1. The Morgan fingerprint density at radius 2 is 0.824 bits per heavy atom. The lowest BCUT2D eigenvalue weighted by atomic mass is 10.1. The van der Waals surface area contributed by atoms with E-state index in [-0.39, 0.29) is 24.2 Å². The molecule has 4 aromatic carbocycles. The van der Waals surface area contributed by atoms with Crippen LogP contribution in [0.1, 0.15) is 108 Å². The van der Waals surface area contributed by atoms with E-state index in [1.807, 2.05) is 24.3 Å². The average molecular weight is 1090 g/mol. The van der Waals surface area contributed by atoms with Crippen molar-refractivity contribution in [3.05, 3.63) is 129 Å². The van der Waals surface area contributed by atoms with Gasteiger partial charge in [0.1, 0.15) is 28.2 Å². The highest BCUT2D eigenvalue weighted by atomic mass is 35.5. The fourth-order valence-electron chi connectivity index (χ4n) is 5.77. The number of nitrogens with two attached hydrogens (primary N) is 1. The Bertz CT molecular complexity index is 2510. The quantitative estimate of drug-likeness (QED) is 0.0347. The Kier molecular flexibility index (Phi) is 24.2. The van der Waals surface area contributed by atoms with Crippen LogP contribution in [0.2, 0.25) is 10.0 Å². The number of carbonyl (C=O) groups is 7. The average Bonchev–Trinajstić information content (AvgIpc) is 3.29. The van der Waals surface area contributed by atoms with Gasteiger partial charge in [0.15, 0.2) is 11.2 Å². The van der Waals surface area contributed by atoms with Gasteiger partial charge in [-0.25, -0.2) is 24.0 Å². The van der Waals surface area contributed by atoms with Crippen LogP contribution < -0.4 is 31.2 Å². The molecule has 0 fully saturated rings. The molecule has 404 valence electrons. The standard InChI is InChI=1S/C29H37ClN2O8.C24H29ClN2O6.ClH/c1-27(2,3)40-26(36)32-28(4,5)24(34)37-18-38-25(35)29(6,7)39-22-14-8-19(9-15-22)16-17-31-23(33)20-10-12-21(30)13-11-20;1-23(2,26)21(29)31-15-32-22(30)24(3,4)33-19-11-5-16(6-12-19)13-14-27-20(28)17-7-9-18(25)10-8-17;/h8-15H,16-18H2,1-7H3,(H,31,33)(H,32,36);5-12H,13-15,26H2,1-4H3,(H,27,28);1H. The van der Waals surface area contributed by atoms with Crippen LogP contribution in [0, 0.1) is 0 Å². The number of esters is 4. The largest absolute Gasteiger partial charge is 0.476 e. The van der Waals surface area contributed by atoms with Crippen molar-refractivity contribution in [2.45, 2.75) is 117 Å². The summed E-state index contributed by atoms with van der Waals surface area (Å²) in [6.45, 7) is 16.7. The predicted molar refractivity (Wildman–Crippen MR) is 280 cm³/mol. The third-order valence-electron chi connectivity index (χ3n) is 9.80. The molecule has 21 heteroatoms. The second-order valence-electron chi connectivity index (χ2n) is 19.5. The molecule has 0 aliphatic carbocycles. The first-order valence-corrected chi connectivity index (χ1v) is 23.7. The molecule has 0 unspecified atom stereocenters. The smallest absolute Gasteiger partial charge is 0.408 e. The lowest BCUT2D eigenvalue weighted by Gasteiger charge is -2.27. The van der Waals surface area contributed by atoms with Gasteiger partial charge in [0.25, 0.3) is 11.8 Å². The molecule has 3 amide bonds. The Morgan fingerprint density at radius 1 is 0.486 bits per heavy atom.